The van der Waals surface area contributed by atoms with E-state index in [1.54, 1.807) is 0 Å². The first-order valence-electron chi connectivity index (χ1n) is 5.20. The Balaban J connectivity index is 2.75. The Bertz CT molecular complexity index is 359. The topological polar surface area (TPSA) is 3.24 Å². The van der Waals surface area contributed by atoms with E-state index in [-0.39, 0.29) is 0 Å². The first kappa shape index (κ1) is 11.6. The van der Waals surface area contributed by atoms with Gasteiger partial charge in [0.1, 0.15) is 0 Å². The van der Waals surface area contributed by atoms with Gasteiger partial charge in [-0.2, -0.15) is 0 Å². The van der Waals surface area contributed by atoms with Crippen LogP contribution in [0, 0.1) is 6.92 Å². The van der Waals surface area contributed by atoms with Crippen molar-refractivity contribution in [3.8, 4) is 0 Å². The summed E-state index contributed by atoms with van der Waals surface area (Å²) in [5.41, 5.74) is 3.89. The molecule has 0 aliphatic rings. The van der Waals surface area contributed by atoms with Crippen LogP contribution in [-0.2, 0) is 6.54 Å². The lowest BCUT2D eigenvalue weighted by Crippen LogP contribution is -2.09. The fourth-order valence-corrected chi connectivity index (χ4v) is 1.52. The van der Waals surface area contributed by atoms with E-state index < -0.39 is 0 Å². The van der Waals surface area contributed by atoms with Crippen molar-refractivity contribution in [1.29, 1.82) is 0 Å². The molecule has 0 spiro atoms. The molecule has 1 aromatic carbocycles. The summed E-state index contributed by atoms with van der Waals surface area (Å²) in [4.78, 5) is 2.10. The van der Waals surface area contributed by atoms with Gasteiger partial charge in [0, 0.05) is 12.7 Å². The summed E-state index contributed by atoms with van der Waals surface area (Å²) in [7, 11) is 0. The highest BCUT2D eigenvalue weighted by Gasteiger charge is 1.97. The van der Waals surface area contributed by atoms with Gasteiger partial charge in [0.05, 0.1) is 0 Å². The van der Waals surface area contributed by atoms with Gasteiger partial charge in [-0.1, -0.05) is 42.0 Å². The largest absolute Gasteiger partial charge is 0.351 e. The van der Waals surface area contributed by atoms with Crippen molar-refractivity contribution in [1.82, 2.24) is 4.90 Å². The van der Waals surface area contributed by atoms with E-state index in [1.807, 2.05) is 6.20 Å². The zero-order chi connectivity index (χ0) is 11.3. The molecule has 0 amide bonds. The molecule has 0 unspecified atom stereocenters. The zero-order valence-electron chi connectivity index (χ0n) is 9.83. The number of benzene rings is 1. The molecule has 0 atom stereocenters. The van der Waals surface area contributed by atoms with Gasteiger partial charge in [-0.05, 0) is 32.5 Å². The van der Waals surface area contributed by atoms with E-state index in [0.717, 1.165) is 6.54 Å². The quantitative estimate of drug-likeness (QED) is 0.715. The average molecular weight is 201 g/mol. The zero-order valence-corrected chi connectivity index (χ0v) is 9.83. The fourth-order valence-electron chi connectivity index (χ4n) is 1.52. The lowest BCUT2D eigenvalue weighted by molar-refractivity contribution is 0.498. The molecule has 1 rings (SSSR count). The van der Waals surface area contributed by atoms with E-state index in [0.29, 0.717) is 0 Å². The van der Waals surface area contributed by atoms with Crippen molar-refractivity contribution in [3.63, 3.8) is 0 Å². The Kier molecular flexibility index (Phi) is 4.17. The number of hydrogen-bond donors (Lipinski definition) is 0. The predicted molar refractivity (Wildman–Crippen MR) is 66.4 cm³/mol. The standard InChI is InChI=1S/C14H19N/c1-5-15(10-12(2)3)11-14-8-6-7-13(4)9-14/h5-10H,1,11H2,2-4H3. The maximum atomic E-state index is 3.81. The molecule has 1 nitrogen and oxygen atoms in total. The Morgan fingerprint density at radius 1 is 1.40 bits per heavy atom. The molecular formula is C14H19N. The Morgan fingerprint density at radius 3 is 2.67 bits per heavy atom. The second-order valence-corrected chi connectivity index (χ2v) is 4.05. The van der Waals surface area contributed by atoms with Crippen molar-refractivity contribution in [2.75, 3.05) is 0 Å². The molecular weight excluding hydrogens is 182 g/mol. The van der Waals surface area contributed by atoms with Crippen molar-refractivity contribution >= 4 is 0 Å². The van der Waals surface area contributed by atoms with Crippen LogP contribution in [0.5, 0.6) is 0 Å². The van der Waals surface area contributed by atoms with E-state index in [9.17, 15) is 0 Å². The molecule has 0 saturated carbocycles. The Hall–Kier alpha value is -1.50. The molecule has 0 N–H and O–H groups in total. The van der Waals surface area contributed by atoms with Crippen LogP contribution in [0.25, 0.3) is 0 Å². The number of nitrogens with zero attached hydrogens (tertiary/aromatic N) is 1. The highest BCUT2D eigenvalue weighted by molar-refractivity contribution is 5.22. The Morgan fingerprint density at radius 2 is 2.13 bits per heavy atom. The van der Waals surface area contributed by atoms with Crippen LogP contribution in [0.4, 0.5) is 0 Å². The van der Waals surface area contributed by atoms with E-state index in [2.05, 4.69) is 62.7 Å². The van der Waals surface area contributed by atoms with Gasteiger partial charge >= 0.3 is 0 Å². The number of rotatable bonds is 4. The summed E-state index contributed by atoms with van der Waals surface area (Å²) < 4.78 is 0. The summed E-state index contributed by atoms with van der Waals surface area (Å²) in [5, 5.41) is 0. The second-order valence-electron chi connectivity index (χ2n) is 4.05. The van der Waals surface area contributed by atoms with Crippen LogP contribution in [0.1, 0.15) is 25.0 Å². The van der Waals surface area contributed by atoms with Gasteiger partial charge in [-0.3, -0.25) is 0 Å². The second kappa shape index (κ2) is 5.40. The molecule has 0 radical (unpaired) electrons. The molecule has 1 heteroatoms. The summed E-state index contributed by atoms with van der Waals surface area (Å²) in [6, 6.07) is 8.55. The molecule has 0 bridgehead atoms. The van der Waals surface area contributed by atoms with Crippen molar-refractivity contribution in [3.05, 3.63) is 59.9 Å². The maximum Gasteiger partial charge on any atom is 0.0470 e. The van der Waals surface area contributed by atoms with Crippen LogP contribution in [0.3, 0.4) is 0 Å². The third kappa shape index (κ3) is 4.03. The third-order valence-corrected chi connectivity index (χ3v) is 2.11. The van der Waals surface area contributed by atoms with Gasteiger partial charge in [-0.25, -0.2) is 0 Å². The molecule has 15 heavy (non-hydrogen) atoms. The fraction of sp³-hybridized carbons (Fsp3) is 0.286. The van der Waals surface area contributed by atoms with Gasteiger partial charge in [0.2, 0.25) is 0 Å². The van der Waals surface area contributed by atoms with Gasteiger partial charge in [0.15, 0.2) is 0 Å². The summed E-state index contributed by atoms with van der Waals surface area (Å²) in [6.45, 7) is 11.0. The van der Waals surface area contributed by atoms with Crippen LogP contribution in [0.2, 0.25) is 0 Å². The molecule has 1 aromatic rings. The molecule has 0 aliphatic heterocycles. The molecule has 0 aliphatic carbocycles. The number of allylic oxidation sites excluding steroid dienone is 1. The minimum absolute atomic E-state index is 0.885. The first-order chi connectivity index (χ1) is 7.11. The lowest BCUT2D eigenvalue weighted by atomic mass is 10.1. The lowest BCUT2D eigenvalue weighted by Gasteiger charge is -2.16. The third-order valence-electron chi connectivity index (χ3n) is 2.11. The summed E-state index contributed by atoms with van der Waals surface area (Å²) >= 11 is 0. The Labute approximate surface area is 92.7 Å². The van der Waals surface area contributed by atoms with E-state index in [4.69, 9.17) is 0 Å². The average Bonchev–Trinajstić information content (AvgIpc) is 2.16. The van der Waals surface area contributed by atoms with Gasteiger partial charge in [0.25, 0.3) is 0 Å². The van der Waals surface area contributed by atoms with Crippen molar-refractivity contribution in [2.24, 2.45) is 0 Å². The number of aryl methyl sites for hydroxylation is 1. The molecule has 80 valence electrons. The minimum Gasteiger partial charge on any atom is -0.351 e. The molecule has 0 saturated heterocycles. The normalized spacial score (nSPS) is 9.53. The summed E-state index contributed by atoms with van der Waals surface area (Å²) in [5.74, 6) is 0. The van der Waals surface area contributed by atoms with E-state index in [1.165, 1.54) is 16.7 Å². The maximum absolute atomic E-state index is 3.81. The highest BCUT2D eigenvalue weighted by Crippen LogP contribution is 2.09. The van der Waals surface area contributed by atoms with Crippen LogP contribution >= 0.6 is 0 Å². The van der Waals surface area contributed by atoms with Crippen LogP contribution < -0.4 is 0 Å². The molecule has 0 fully saturated rings. The van der Waals surface area contributed by atoms with Crippen LogP contribution in [0.15, 0.2) is 48.8 Å². The SMILES string of the molecule is C=CN(C=C(C)C)Cc1cccc(C)c1. The minimum atomic E-state index is 0.885. The smallest absolute Gasteiger partial charge is 0.0470 e. The van der Waals surface area contributed by atoms with Gasteiger partial charge < -0.3 is 4.90 Å². The van der Waals surface area contributed by atoms with Crippen LogP contribution in [-0.4, -0.2) is 4.90 Å². The summed E-state index contributed by atoms with van der Waals surface area (Å²) in [6.07, 6.45) is 3.96. The van der Waals surface area contributed by atoms with Crippen molar-refractivity contribution < 1.29 is 0 Å². The van der Waals surface area contributed by atoms with Crippen molar-refractivity contribution in [2.45, 2.75) is 27.3 Å². The van der Waals surface area contributed by atoms with Gasteiger partial charge in [-0.15, -0.1) is 0 Å². The molecule has 0 heterocycles. The van der Waals surface area contributed by atoms with E-state index >= 15 is 0 Å². The number of hydrogen-bond acceptors (Lipinski definition) is 1. The first-order valence-corrected chi connectivity index (χ1v) is 5.20. The highest BCUT2D eigenvalue weighted by atomic mass is 15.1. The predicted octanol–water partition coefficient (Wildman–Crippen LogP) is 3.86. The molecule has 0 aromatic heterocycles. The monoisotopic (exact) mass is 201 g/mol.